The Morgan fingerprint density at radius 1 is 0.787 bits per heavy atom. The zero-order valence-corrected chi connectivity index (χ0v) is 27.6. The number of benzene rings is 2. The molecule has 4 aromatic rings. The van der Waals surface area contributed by atoms with Crippen LogP contribution in [-0.4, -0.2) is 66.0 Å². The number of aromatic nitrogens is 4. The van der Waals surface area contributed by atoms with Crippen molar-refractivity contribution in [3.63, 3.8) is 0 Å². The minimum Gasteiger partial charge on any atom is -0.388 e. The first kappa shape index (κ1) is 36.5. The van der Waals surface area contributed by atoms with Gasteiger partial charge in [-0.05, 0) is 103 Å². The number of hydrogen-bond donors (Lipinski definition) is 6. The van der Waals surface area contributed by atoms with E-state index in [9.17, 15) is 23.8 Å². The van der Waals surface area contributed by atoms with Crippen molar-refractivity contribution in [1.82, 2.24) is 25.3 Å². The number of nitrogens with zero attached hydrogens (tertiary/aromatic N) is 5. The summed E-state index contributed by atoms with van der Waals surface area (Å²) in [5, 5.41) is 31.8. The first-order valence-electron chi connectivity index (χ1n) is 15.1. The van der Waals surface area contributed by atoms with Gasteiger partial charge in [-0.2, -0.15) is 9.97 Å². The first-order chi connectivity index (χ1) is 22.1. The van der Waals surface area contributed by atoms with Crippen molar-refractivity contribution in [3.05, 3.63) is 84.7 Å². The maximum Gasteiger partial charge on any atom is 0.327 e. The molecule has 6 N–H and O–H groups in total. The highest BCUT2D eigenvalue weighted by Gasteiger charge is 2.25. The van der Waals surface area contributed by atoms with E-state index in [1.54, 1.807) is 72.0 Å². The number of carbonyl (C=O) groups is 1. The summed E-state index contributed by atoms with van der Waals surface area (Å²) in [7, 11) is 0. The van der Waals surface area contributed by atoms with Crippen LogP contribution in [0.1, 0.15) is 48.5 Å². The SMILES string of the molecule is CCNC(=O)N(c1ccc(F)cc1)c1ccnc(N[C@@H](C)C(C)(C)O)n1.C[C@H](Nc1nccc(Nc2ccc(F)cc2)n1)C(C)(C)O. The van der Waals surface area contributed by atoms with Gasteiger partial charge in [0.2, 0.25) is 11.9 Å². The highest BCUT2D eigenvalue weighted by molar-refractivity contribution is 5.98. The highest BCUT2D eigenvalue weighted by atomic mass is 19.1. The molecule has 2 amide bonds. The molecular weight excluding hydrogens is 608 g/mol. The quantitative estimate of drug-likeness (QED) is 0.114. The number of carbonyl (C=O) groups excluding carboxylic acids is 1. The fourth-order valence-electron chi connectivity index (χ4n) is 3.64. The molecule has 4 rings (SSSR count). The largest absolute Gasteiger partial charge is 0.388 e. The monoisotopic (exact) mass is 651 g/mol. The predicted octanol–water partition coefficient (Wildman–Crippen LogP) is 5.99. The van der Waals surface area contributed by atoms with Crippen molar-refractivity contribution in [2.24, 2.45) is 0 Å². The normalized spacial score (nSPS) is 12.6. The molecule has 12 nitrogen and oxygen atoms in total. The zero-order chi connectivity index (χ0) is 34.8. The van der Waals surface area contributed by atoms with Gasteiger partial charge >= 0.3 is 6.03 Å². The Hall–Kier alpha value is -4.95. The van der Waals surface area contributed by atoms with Crippen LogP contribution in [0.4, 0.5) is 48.5 Å². The molecule has 14 heteroatoms. The van der Waals surface area contributed by atoms with E-state index < -0.39 is 17.0 Å². The lowest BCUT2D eigenvalue weighted by atomic mass is 10.0. The molecule has 0 radical (unpaired) electrons. The summed E-state index contributed by atoms with van der Waals surface area (Å²) in [4.78, 5) is 30.8. The van der Waals surface area contributed by atoms with E-state index in [1.165, 1.54) is 47.5 Å². The molecule has 252 valence electrons. The van der Waals surface area contributed by atoms with Crippen LogP contribution in [0, 0.1) is 11.6 Å². The van der Waals surface area contributed by atoms with Gasteiger partial charge in [0.1, 0.15) is 23.3 Å². The van der Waals surface area contributed by atoms with E-state index in [0.717, 1.165) is 5.69 Å². The summed E-state index contributed by atoms with van der Waals surface area (Å²) in [6.07, 6.45) is 3.12. The van der Waals surface area contributed by atoms with E-state index in [1.807, 2.05) is 6.92 Å². The van der Waals surface area contributed by atoms with Crippen LogP contribution in [0.2, 0.25) is 0 Å². The number of rotatable bonds is 11. The summed E-state index contributed by atoms with van der Waals surface area (Å²) < 4.78 is 26.1. The van der Waals surface area contributed by atoms with Crippen LogP contribution in [0.25, 0.3) is 0 Å². The van der Waals surface area contributed by atoms with Gasteiger partial charge in [-0.15, -0.1) is 0 Å². The molecule has 0 aliphatic rings. The van der Waals surface area contributed by atoms with Crippen LogP contribution in [-0.2, 0) is 0 Å². The maximum absolute atomic E-state index is 13.2. The average molecular weight is 652 g/mol. The van der Waals surface area contributed by atoms with Crippen LogP contribution in [0.5, 0.6) is 0 Å². The topological polar surface area (TPSA) is 160 Å². The smallest absolute Gasteiger partial charge is 0.327 e. The minimum absolute atomic E-state index is 0.210. The number of urea groups is 1. The van der Waals surface area contributed by atoms with Crippen molar-refractivity contribution in [3.8, 4) is 0 Å². The number of hydrogen-bond acceptors (Lipinski definition) is 10. The Balaban J connectivity index is 0.000000261. The fourth-order valence-corrected chi connectivity index (χ4v) is 3.64. The van der Waals surface area contributed by atoms with E-state index >= 15 is 0 Å². The molecule has 2 atom stereocenters. The van der Waals surface area contributed by atoms with Gasteiger partial charge in [0.05, 0.1) is 29.0 Å². The second-order valence-electron chi connectivity index (χ2n) is 11.8. The Morgan fingerprint density at radius 3 is 1.79 bits per heavy atom. The molecule has 0 aliphatic heterocycles. The summed E-state index contributed by atoms with van der Waals surface area (Å²) in [5.74, 6) is 0.911. The summed E-state index contributed by atoms with van der Waals surface area (Å²) in [6, 6.07) is 13.9. The summed E-state index contributed by atoms with van der Waals surface area (Å²) in [5.41, 5.74) is -0.659. The molecule has 2 heterocycles. The van der Waals surface area contributed by atoms with E-state index in [-0.39, 0.29) is 29.9 Å². The molecule has 0 bridgehead atoms. The number of halogens is 2. The third-order valence-corrected chi connectivity index (χ3v) is 7.07. The molecule has 47 heavy (non-hydrogen) atoms. The lowest BCUT2D eigenvalue weighted by Gasteiger charge is -2.27. The van der Waals surface area contributed by atoms with E-state index in [2.05, 4.69) is 41.2 Å². The third-order valence-electron chi connectivity index (χ3n) is 7.07. The minimum atomic E-state index is -0.977. The number of nitrogens with one attached hydrogen (secondary N) is 4. The van der Waals surface area contributed by atoms with Crippen molar-refractivity contribution in [1.29, 1.82) is 0 Å². The second kappa shape index (κ2) is 16.1. The Labute approximate surface area is 273 Å². The second-order valence-corrected chi connectivity index (χ2v) is 11.8. The first-order valence-corrected chi connectivity index (χ1v) is 15.1. The Bertz CT molecular complexity index is 1580. The standard InChI is InChI=1S/C18H24FN5O2.C15H19FN4O/c1-5-20-17(25)24(14-8-6-13(19)7-9-14)15-10-11-21-16(23-15)22-12(2)18(3,4)26;1-10(15(2,3)21)18-14-17-9-8-13(20-14)19-12-6-4-11(16)5-7-12/h6-12,26H,5H2,1-4H3,(H,20,25)(H,21,22,23);4-10,21H,1-3H3,(H2,17,18,19,20)/t12-;10-/m00/s1. The molecule has 0 aliphatic carbocycles. The van der Waals surface area contributed by atoms with Gasteiger partial charge in [-0.1, -0.05) is 0 Å². The van der Waals surface area contributed by atoms with Crippen molar-refractivity contribution in [2.75, 3.05) is 27.4 Å². The molecule has 0 saturated carbocycles. The number of anilines is 6. The Morgan fingerprint density at radius 2 is 1.28 bits per heavy atom. The van der Waals surface area contributed by atoms with Crippen LogP contribution in [0.15, 0.2) is 73.1 Å². The van der Waals surface area contributed by atoms with Gasteiger partial charge in [0, 0.05) is 30.7 Å². The van der Waals surface area contributed by atoms with E-state index in [4.69, 9.17) is 0 Å². The van der Waals surface area contributed by atoms with Gasteiger partial charge in [0.15, 0.2) is 0 Å². The third kappa shape index (κ3) is 11.4. The van der Waals surface area contributed by atoms with Gasteiger partial charge < -0.3 is 31.5 Å². The van der Waals surface area contributed by atoms with Gasteiger partial charge in [-0.25, -0.2) is 28.4 Å². The fraction of sp³-hybridized carbons (Fsp3) is 0.364. The van der Waals surface area contributed by atoms with E-state index in [0.29, 0.717) is 29.8 Å². The van der Waals surface area contributed by atoms with Gasteiger partial charge in [-0.3, -0.25) is 0 Å². The van der Waals surface area contributed by atoms with Crippen molar-refractivity contribution < 1.29 is 23.8 Å². The van der Waals surface area contributed by atoms with Crippen LogP contribution in [0.3, 0.4) is 0 Å². The summed E-state index contributed by atoms with van der Waals surface area (Å²) in [6.45, 7) is 12.7. The molecule has 2 aromatic heterocycles. The lowest BCUT2D eigenvalue weighted by Crippen LogP contribution is -2.40. The molecule has 2 aromatic carbocycles. The molecular formula is C33H43F2N9O3. The Kier molecular flexibility index (Phi) is 12.5. The zero-order valence-electron chi connectivity index (χ0n) is 27.6. The molecule has 0 saturated heterocycles. The maximum atomic E-state index is 13.2. The van der Waals surface area contributed by atoms with Crippen molar-refractivity contribution in [2.45, 2.75) is 71.8 Å². The molecule has 0 unspecified atom stereocenters. The van der Waals surface area contributed by atoms with Crippen molar-refractivity contribution >= 4 is 40.9 Å². The molecule has 0 fully saturated rings. The van der Waals surface area contributed by atoms with Crippen LogP contribution >= 0.6 is 0 Å². The van der Waals surface area contributed by atoms with Gasteiger partial charge in [0.25, 0.3) is 0 Å². The predicted molar refractivity (Wildman–Crippen MR) is 180 cm³/mol. The van der Waals surface area contributed by atoms with Crippen LogP contribution < -0.4 is 26.2 Å². The average Bonchev–Trinajstić information content (AvgIpc) is 2.99. The number of aliphatic hydroxyl groups is 2. The summed E-state index contributed by atoms with van der Waals surface area (Å²) >= 11 is 0. The highest BCUT2D eigenvalue weighted by Crippen LogP contribution is 2.25. The number of amides is 2. The molecule has 0 spiro atoms. The lowest BCUT2D eigenvalue weighted by molar-refractivity contribution is 0.0642.